The van der Waals surface area contributed by atoms with Crippen LogP contribution in [-0.4, -0.2) is 45.5 Å². The van der Waals surface area contributed by atoms with Gasteiger partial charge in [-0.1, -0.05) is 18.2 Å². The van der Waals surface area contributed by atoms with Gasteiger partial charge in [0.1, 0.15) is 17.6 Å². The molecule has 0 aliphatic rings. The van der Waals surface area contributed by atoms with E-state index in [0.29, 0.717) is 41.7 Å². The second-order valence-electron chi connectivity index (χ2n) is 6.60. The van der Waals surface area contributed by atoms with Crippen molar-refractivity contribution in [3.8, 4) is 5.75 Å². The van der Waals surface area contributed by atoms with Crippen LogP contribution < -0.4 is 14.4 Å². The van der Waals surface area contributed by atoms with E-state index in [9.17, 15) is 17.6 Å². The van der Waals surface area contributed by atoms with Gasteiger partial charge < -0.3 is 10.1 Å². The number of hydrogen-bond donors (Lipinski definition) is 1. The highest BCUT2D eigenvalue weighted by molar-refractivity contribution is 7.98. The van der Waals surface area contributed by atoms with Crippen molar-refractivity contribution in [1.29, 1.82) is 0 Å². The number of nitrogens with zero attached hydrogens (tertiary/aromatic N) is 1. The van der Waals surface area contributed by atoms with Gasteiger partial charge in [0.05, 0.1) is 18.6 Å². The summed E-state index contributed by atoms with van der Waals surface area (Å²) < 4.78 is 44.7. The van der Waals surface area contributed by atoms with Crippen LogP contribution in [0.15, 0.2) is 48.5 Å². The summed E-state index contributed by atoms with van der Waals surface area (Å²) in [4.78, 5) is 12.5. The predicted octanol–water partition coefficient (Wildman–Crippen LogP) is 3.43. The van der Waals surface area contributed by atoms with Crippen LogP contribution >= 0.6 is 11.8 Å². The fourth-order valence-electron chi connectivity index (χ4n) is 2.86. The molecule has 1 atom stereocenters. The molecule has 2 rings (SSSR count). The highest BCUT2D eigenvalue weighted by atomic mass is 32.2. The molecule has 164 valence electrons. The van der Waals surface area contributed by atoms with E-state index < -0.39 is 22.0 Å². The number of anilines is 1. The molecule has 0 aliphatic heterocycles. The lowest BCUT2D eigenvalue weighted by molar-refractivity contribution is -0.121. The van der Waals surface area contributed by atoms with Crippen LogP contribution in [0.5, 0.6) is 5.75 Å². The topological polar surface area (TPSA) is 75.7 Å². The van der Waals surface area contributed by atoms with Crippen molar-refractivity contribution in [3.05, 3.63) is 59.9 Å². The van der Waals surface area contributed by atoms with E-state index in [1.165, 1.54) is 17.8 Å². The summed E-state index contributed by atoms with van der Waals surface area (Å²) in [7, 11) is -3.68. The molecule has 9 heteroatoms. The molecule has 1 unspecified atom stereocenters. The number of hydrogen-bond acceptors (Lipinski definition) is 5. The maximum absolute atomic E-state index is 13.6. The molecule has 0 saturated heterocycles. The van der Waals surface area contributed by atoms with E-state index in [4.69, 9.17) is 4.74 Å². The Balaban J connectivity index is 1.93. The van der Waals surface area contributed by atoms with Crippen LogP contribution in [0, 0.1) is 5.82 Å². The molecule has 2 aromatic carbocycles. The van der Waals surface area contributed by atoms with Crippen molar-refractivity contribution in [3.63, 3.8) is 0 Å². The summed E-state index contributed by atoms with van der Waals surface area (Å²) in [5.74, 6) is 1.05. The summed E-state index contributed by atoms with van der Waals surface area (Å²) >= 11 is 1.49. The molecule has 0 aliphatic carbocycles. The average molecular weight is 455 g/mol. The van der Waals surface area contributed by atoms with Gasteiger partial charge in [-0.15, -0.1) is 0 Å². The summed E-state index contributed by atoms with van der Waals surface area (Å²) in [6, 6.07) is 12.2. The van der Waals surface area contributed by atoms with Crippen molar-refractivity contribution >= 4 is 33.4 Å². The van der Waals surface area contributed by atoms with Crippen LogP contribution in [0.3, 0.4) is 0 Å². The lowest BCUT2D eigenvalue weighted by Gasteiger charge is -2.28. The van der Waals surface area contributed by atoms with E-state index in [1.807, 2.05) is 6.92 Å². The molecular weight excluding hydrogens is 427 g/mol. The van der Waals surface area contributed by atoms with Crippen LogP contribution in [0.1, 0.15) is 19.4 Å². The van der Waals surface area contributed by atoms with Gasteiger partial charge in [-0.05, 0) is 49.7 Å². The molecule has 0 bridgehead atoms. The van der Waals surface area contributed by atoms with Gasteiger partial charge in [0.15, 0.2) is 0 Å². The summed E-state index contributed by atoms with van der Waals surface area (Å²) in [6.07, 6.45) is 1.07. The highest BCUT2D eigenvalue weighted by Gasteiger charge is 2.28. The number of thioether (sulfide) groups is 1. The molecule has 0 fully saturated rings. The van der Waals surface area contributed by atoms with Crippen molar-refractivity contribution in [2.45, 2.75) is 25.6 Å². The number of carbonyl (C=O) groups excluding carboxylic acids is 1. The minimum absolute atomic E-state index is 0.248. The van der Waals surface area contributed by atoms with E-state index in [0.717, 1.165) is 10.6 Å². The first-order valence-electron chi connectivity index (χ1n) is 9.55. The summed E-state index contributed by atoms with van der Waals surface area (Å²) in [5.41, 5.74) is 0.999. The van der Waals surface area contributed by atoms with Crippen LogP contribution in [0.2, 0.25) is 0 Å². The molecule has 0 saturated carbocycles. The lowest BCUT2D eigenvalue weighted by atomic mass is 10.2. The SMILES string of the molecule is CCOc1ccc(N(C(C)C(=O)NCCSCc2ccccc2F)S(C)(=O)=O)cc1. The van der Waals surface area contributed by atoms with Gasteiger partial charge in [-0.3, -0.25) is 9.10 Å². The minimum atomic E-state index is -3.68. The largest absolute Gasteiger partial charge is 0.494 e. The Hall–Kier alpha value is -2.26. The number of nitrogens with one attached hydrogen (secondary N) is 1. The Morgan fingerprint density at radius 3 is 2.47 bits per heavy atom. The molecular formula is C21H27FN2O4S2. The molecule has 0 aromatic heterocycles. The van der Waals surface area contributed by atoms with Gasteiger partial charge in [-0.2, -0.15) is 11.8 Å². The normalized spacial score (nSPS) is 12.3. The van der Waals surface area contributed by atoms with E-state index in [-0.39, 0.29) is 5.82 Å². The summed E-state index contributed by atoms with van der Waals surface area (Å²) in [5, 5.41) is 2.75. The first-order chi connectivity index (χ1) is 14.2. The van der Waals surface area contributed by atoms with E-state index in [2.05, 4.69) is 5.32 Å². The standard InChI is InChI=1S/C21H27FN2O4S2/c1-4-28-19-11-9-18(10-12-19)24(30(3,26)27)16(2)21(25)23-13-14-29-15-17-7-5-6-8-20(17)22/h5-12,16H,4,13-15H2,1-3H3,(H,23,25). The first-order valence-corrected chi connectivity index (χ1v) is 12.6. The minimum Gasteiger partial charge on any atom is -0.494 e. The van der Waals surface area contributed by atoms with Crippen molar-refractivity contribution in [2.24, 2.45) is 0 Å². The quantitative estimate of drug-likeness (QED) is 0.527. The first kappa shape index (κ1) is 24.0. The predicted molar refractivity (Wildman–Crippen MR) is 120 cm³/mol. The molecule has 6 nitrogen and oxygen atoms in total. The van der Waals surface area contributed by atoms with Crippen molar-refractivity contribution in [1.82, 2.24) is 5.32 Å². The van der Waals surface area contributed by atoms with Gasteiger partial charge in [-0.25, -0.2) is 12.8 Å². The lowest BCUT2D eigenvalue weighted by Crippen LogP contribution is -2.48. The smallest absolute Gasteiger partial charge is 0.243 e. The number of amides is 1. The number of ether oxygens (including phenoxy) is 1. The van der Waals surface area contributed by atoms with Crippen LogP contribution in [-0.2, 0) is 20.6 Å². The fraction of sp³-hybridized carbons (Fsp3) is 0.381. The zero-order chi connectivity index (χ0) is 22.1. The van der Waals surface area contributed by atoms with Crippen LogP contribution in [0.4, 0.5) is 10.1 Å². The fourth-order valence-corrected chi connectivity index (χ4v) is 4.88. The van der Waals surface area contributed by atoms with Gasteiger partial charge in [0.25, 0.3) is 0 Å². The van der Waals surface area contributed by atoms with Gasteiger partial charge >= 0.3 is 0 Å². The Labute approximate surface area is 181 Å². The second kappa shape index (κ2) is 11.2. The monoisotopic (exact) mass is 454 g/mol. The third kappa shape index (κ3) is 6.91. The second-order valence-corrected chi connectivity index (χ2v) is 9.56. The Morgan fingerprint density at radius 2 is 1.87 bits per heavy atom. The van der Waals surface area contributed by atoms with Gasteiger partial charge in [0.2, 0.25) is 15.9 Å². The maximum atomic E-state index is 13.6. The number of carbonyl (C=O) groups is 1. The van der Waals surface area contributed by atoms with Crippen molar-refractivity contribution < 1.29 is 22.3 Å². The number of benzene rings is 2. The zero-order valence-corrected chi connectivity index (χ0v) is 18.9. The summed E-state index contributed by atoms with van der Waals surface area (Å²) in [6.45, 7) is 4.25. The van der Waals surface area contributed by atoms with E-state index in [1.54, 1.807) is 49.4 Å². The van der Waals surface area contributed by atoms with Gasteiger partial charge in [0, 0.05) is 18.1 Å². The Morgan fingerprint density at radius 1 is 1.20 bits per heavy atom. The molecule has 1 N–H and O–H groups in total. The van der Waals surface area contributed by atoms with E-state index >= 15 is 0 Å². The third-order valence-electron chi connectivity index (χ3n) is 4.25. The average Bonchev–Trinajstić information content (AvgIpc) is 2.69. The van der Waals surface area contributed by atoms with Crippen LogP contribution in [0.25, 0.3) is 0 Å². The molecule has 0 heterocycles. The Kier molecular flexibility index (Phi) is 8.98. The Bertz CT molecular complexity index is 936. The maximum Gasteiger partial charge on any atom is 0.243 e. The van der Waals surface area contributed by atoms with Crippen molar-refractivity contribution in [2.75, 3.05) is 29.5 Å². The molecule has 1 amide bonds. The molecule has 2 aromatic rings. The third-order valence-corrected chi connectivity index (χ3v) is 6.50. The molecule has 0 spiro atoms. The number of rotatable bonds is 11. The number of halogens is 1. The highest BCUT2D eigenvalue weighted by Crippen LogP contribution is 2.24. The molecule has 0 radical (unpaired) electrons. The zero-order valence-electron chi connectivity index (χ0n) is 17.3. The number of sulfonamides is 1. The molecule has 30 heavy (non-hydrogen) atoms.